The quantitative estimate of drug-likeness (QED) is 0.640. The van der Waals surface area contributed by atoms with Gasteiger partial charge in [0.05, 0.1) is 0 Å². The number of esters is 1. The van der Waals surface area contributed by atoms with Gasteiger partial charge >= 0.3 is 5.97 Å². The third-order valence-corrected chi connectivity index (χ3v) is 2.50. The lowest BCUT2D eigenvalue weighted by molar-refractivity contribution is 0.0531. The van der Waals surface area contributed by atoms with Crippen LogP contribution < -0.4 is 0 Å². The second-order valence-corrected chi connectivity index (χ2v) is 3.31. The van der Waals surface area contributed by atoms with Gasteiger partial charge in [0.15, 0.2) is 0 Å². The molecular formula is C8H4BrFO2. The first-order valence-corrected chi connectivity index (χ1v) is 4.13. The molecule has 0 unspecified atom stereocenters. The van der Waals surface area contributed by atoms with Crippen molar-refractivity contribution < 1.29 is 13.9 Å². The molecule has 0 saturated heterocycles. The number of rotatable bonds is 0. The number of carbonyl (C=O) groups excluding carboxylic acids is 1. The van der Waals surface area contributed by atoms with E-state index in [0.29, 0.717) is 10.0 Å². The predicted molar refractivity (Wildman–Crippen MR) is 43.2 cm³/mol. The van der Waals surface area contributed by atoms with Crippen LogP contribution in [0.4, 0.5) is 4.39 Å². The first kappa shape index (κ1) is 7.73. The number of halogens is 2. The van der Waals surface area contributed by atoms with Gasteiger partial charge in [-0.15, -0.1) is 0 Å². The summed E-state index contributed by atoms with van der Waals surface area (Å²) in [6.45, 7) is 0.159. The van der Waals surface area contributed by atoms with Gasteiger partial charge in [0, 0.05) is 10.0 Å². The van der Waals surface area contributed by atoms with Gasteiger partial charge in [-0.05, 0) is 12.1 Å². The Labute approximate surface area is 76.5 Å². The van der Waals surface area contributed by atoms with Gasteiger partial charge < -0.3 is 4.74 Å². The largest absolute Gasteiger partial charge is 0.457 e. The Morgan fingerprint density at radius 1 is 1.50 bits per heavy atom. The molecule has 0 N–H and O–H groups in total. The zero-order chi connectivity index (χ0) is 8.72. The van der Waals surface area contributed by atoms with E-state index < -0.39 is 11.8 Å². The van der Waals surface area contributed by atoms with Crippen molar-refractivity contribution in [3.05, 3.63) is 33.5 Å². The van der Waals surface area contributed by atoms with Crippen molar-refractivity contribution in [1.29, 1.82) is 0 Å². The molecule has 2 rings (SSSR count). The Balaban J connectivity index is 2.72. The van der Waals surface area contributed by atoms with Crippen LogP contribution in [-0.4, -0.2) is 5.97 Å². The molecule has 1 aromatic carbocycles. The Morgan fingerprint density at radius 2 is 2.25 bits per heavy atom. The molecule has 0 atom stereocenters. The van der Waals surface area contributed by atoms with Crippen LogP contribution in [0.1, 0.15) is 15.9 Å². The van der Waals surface area contributed by atoms with Crippen LogP contribution in [0.25, 0.3) is 0 Å². The fourth-order valence-corrected chi connectivity index (χ4v) is 1.61. The van der Waals surface area contributed by atoms with Crippen molar-refractivity contribution in [1.82, 2.24) is 0 Å². The van der Waals surface area contributed by atoms with E-state index in [1.165, 1.54) is 6.07 Å². The average molecular weight is 231 g/mol. The Morgan fingerprint density at radius 3 is 2.92 bits per heavy atom. The molecule has 1 aromatic rings. The molecule has 62 valence electrons. The van der Waals surface area contributed by atoms with Gasteiger partial charge in [0.1, 0.15) is 18.0 Å². The zero-order valence-corrected chi connectivity index (χ0v) is 7.52. The maximum Gasteiger partial charge on any atom is 0.341 e. The van der Waals surface area contributed by atoms with Crippen LogP contribution in [0.3, 0.4) is 0 Å². The van der Waals surface area contributed by atoms with Gasteiger partial charge in [-0.1, -0.05) is 15.9 Å². The zero-order valence-electron chi connectivity index (χ0n) is 5.93. The molecule has 0 aliphatic carbocycles. The van der Waals surface area contributed by atoms with Crippen molar-refractivity contribution in [2.75, 3.05) is 0 Å². The molecule has 2 nitrogen and oxygen atoms in total. The third kappa shape index (κ3) is 0.948. The lowest BCUT2D eigenvalue weighted by atomic mass is 10.1. The van der Waals surface area contributed by atoms with E-state index in [9.17, 15) is 9.18 Å². The molecule has 0 aromatic heterocycles. The minimum Gasteiger partial charge on any atom is -0.457 e. The normalized spacial score (nSPS) is 14.3. The summed E-state index contributed by atoms with van der Waals surface area (Å²) >= 11 is 3.21. The van der Waals surface area contributed by atoms with Crippen molar-refractivity contribution in [3.63, 3.8) is 0 Å². The number of benzene rings is 1. The number of cyclic esters (lactones) is 1. The van der Waals surface area contributed by atoms with Crippen LogP contribution in [0.15, 0.2) is 16.6 Å². The van der Waals surface area contributed by atoms with Gasteiger partial charge in [-0.2, -0.15) is 0 Å². The van der Waals surface area contributed by atoms with Crippen LogP contribution >= 0.6 is 15.9 Å². The summed E-state index contributed by atoms with van der Waals surface area (Å²) in [7, 11) is 0. The van der Waals surface area contributed by atoms with E-state index in [2.05, 4.69) is 20.7 Å². The molecule has 12 heavy (non-hydrogen) atoms. The highest BCUT2D eigenvalue weighted by Gasteiger charge is 2.26. The molecule has 1 aliphatic heterocycles. The van der Waals surface area contributed by atoms with Crippen LogP contribution in [0.2, 0.25) is 0 Å². The van der Waals surface area contributed by atoms with Crippen LogP contribution in [0.5, 0.6) is 0 Å². The molecule has 0 radical (unpaired) electrons. The highest BCUT2D eigenvalue weighted by Crippen LogP contribution is 2.29. The van der Waals surface area contributed by atoms with Crippen molar-refractivity contribution >= 4 is 21.9 Å². The number of hydrogen-bond donors (Lipinski definition) is 0. The number of carbonyl (C=O) groups is 1. The third-order valence-electron chi connectivity index (χ3n) is 1.76. The molecule has 0 spiro atoms. The topological polar surface area (TPSA) is 26.3 Å². The standard InChI is InChI=1S/C8H4BrFO2/c9-5-1-2-6(10)7-4(5)3-12-8(7)11/h1-2H,3H2. The minimum atomic E-state index is -0.580. The van der Waals surface area contributed by atoms with Gasteiger partial charge in [0.2, 0.25) is 0 Å². The molecule has 0 bridgehead atoms. The number of hydrogen-bond acceptors (Lipinski definition) is 2. The first-order valence-electron chi connectivity index (χ1n) is 3.34. The van der Waals surface area contributed by atoms with Crippen molar-refractivity contribution in [2.45, 2.75) is 6.61 Å². The monoisotopic (exact) mass is 230 g/mol. The second kappa shape index (κ2) is 2.55. The Hall–Kier alpha value is -0.900. The fraction of sp³-hybridized carbons (Fsp3) is 0.125. The summed E-state index contributed by atoms with van der Waals surface area (Å²) in [6, 6.07) is 2.81. The molecule has 4 heteroatoms. The lowest BCUT2D eigenvalue weighted by Crippen LogP contribution is -1.97. The van der Waals surface area contributed by atoms with E-state index in [0.717, 1.165) is 0 Å². The Bertz CT molecular complexity index is 362. The summed E-state index contributed by atoms with van der Waals surface area (Å²) in [4.78, 5) is 11.0. The van der Waals surface area contributed by atoms with Crippen LogP contribution in [-0.2, 0) is 11.3 Å². The summed E-state index contributed by atoms with van der Waals surface area (Å²) < 4.78 is 18.4. The molecule has 1 heterocycles. The van der Waals surface area contributed by atoms with E-state index in [4.69, 9.17) is 0 Å². The second-order valence-electron chi connectivity index (χ2n) is 2.46. The van der Waals surface area contributed by atoms with Gasteiger partial charge in [-0.3, -0.25) is 0 Å². The summed E-state index contributed by atoms with van der Waals surface area (Å²) in [5.41, 5.74) is 0.657. The number of fused-ring (bicyclic) bond motifs is 1. The first-order chi connectivity index (χ1) is 5.70. The summed E-state index contributed by atoms with van der Waals surface area (Å²) in [5, 5.41) is 0. The maximum absolute atomic E-state index is 13.0. The molecular weight excluding hydrogens is 227 g/mol. The highest BCUT2D eigenvalue weighted by molar-refractivity contribution is 9.10. The van der Waals surface area contributed by atoms with E-state index in [1.54, 1.807) is 6.07 Å². The SMILES string of the molecule is O=C1OCc2c(Br)ccc(F)c21. The smallest absolute Gasteiger partial charge is 0.341 e. The van der Waals surface area contributed by atoms with Crippen LogP contribution in [0, 0.1) is 5.82 Å². The molecule has 0 amide bonds. The molecule has 1 aliphatic rings. The fourth-order valence-electron chi connectivity index (χ4n) is 1.17. The van der Waals surface area contributed by atoms with Crippen molar-refractivity contribution in [3.8, 4) is 0 Å². The molecule has 0 fully saturated rings. The highest BCUT2D eigenvalue weighted by atomic mass is 79.9. The summed E-state index contributed by atoms with van der Waals surface area (Å²) in [6.07, 6.45) is 0. The van der Waals surface area contributed by atoms with E-state index >= 15 is 0 Å². The summed E-state index contributed by atoms with van der Waals surface area (Å²) in [5.74, 6) is -1.10. The van der Waals surface area contributed by atoms with Gasteiger partial charge in [-0.25, -0.2) is 9.18 Å². The number of ether oxygens (including phenoxy) is 1. The Kier molecular flexibility index (Phi) is 1.65. The average Bonchev–Trinajstić information content (AvgIpc) is 2.42. The molecule has 0 saturated carbocycles. The minimum absolute atomic E-state index is 0.0596. The van der Waals surface area contributed by atoms with E-state index in [1.807, 2.05) is 0 Å². The van der Waals surface area contributed by atoms with Gasteiger partial charge in [0.25, 0.3) is 0 Å². The predicted octanol–water partition coefficient (Wildman–Crippen LogP) is 2.26. The van der Waals surface area contributed by atoms with Crippen molar-refractivity contribution in [2.24, 2.45) is 0 Å². The maximum atomic E-state index is 13.0. The lowest BCUT2D eigenvalue weighted by Gasteiger charge is -1.97. The van der Waals surface area contributed by atoms with E-state index in [-0.39, 0.29) is 12.2 Å².